The van der Waals surface area contributed by atoms with Crippen LogP contribution in [0.25, 0.3) is 0 Å². The molecule has 76 valence electrons. The van der Waals surface area contributed by atoms with Gasteiger partial charge in [0.25, 0.3) is 0 Å². The molecule has 1 aliphatic rings. The zero-order valence-electron chi connectivity index (χ0n) is 8.54. The SMILES string of the molecule is CCOc1ccc(C)c2c1OCC2N. The molecule has 3 nitrogen and oxygen atoms in total. The maximum absolute atomic E-state index is 5.93. The summed E-state index contributed by atoms with van der Waals surface area (Å²) in [5.74, 6) is 1.64. The fourth-order valence-electron chi connectivity index (χ4n) is 1.81. The quantitative estimate of drug-likeness (QED) is 0.778. The molecule has 3 heteroatoms. The molecule has 0 radical (unpaired) electrons. The molecule has 1 aromatic carbocycles. The first-order valence-corrected chi connectivity index (χ1v) is 4.88. The molecule has 2 rings (SSSR count). The zero-order chi connectivity index (χ0) is 10.1. The number of nitrogens with two attached hydrogens (primary N) is 1. The van der Waals surface area contributed by atoms with Crippen LogP contribution in [0, 0.1) is 6.92 Å². The minimum atomic E-state index is -0.00888. The highest BCUT2D eigenvalue weighted by Gasteiger charge is 2.26. The normalized spacial score (nSPS) is 18.9. The molecule has 1 aromatic rings. The lowest BCUT2D eigenvalue weighted by atomic mass is 10.0. The van der Waals surface area contributed by atoms with Crippen LogP contribution in [-0.4, -0.2) is 13.2 Å². The van der Waals surface area contributed by atoms with Gasteiger partial charge in [0.05, 0.1) is 12.6 Å². The summed E-state index contributed by atoms with van der Waals surface area (Å²) in [4.78, 5) is 0. The number of benzene rings is 1. The Kier molecular flexibility index (Phi) is 2.33. The molecule has 0 aliphatic carbocycles. The van der Waals surface area contributed by atoms with E-state index in [4.69, 9.17) is 15.2 Å². The predicted molar refractivity (Wildman–Crippen MR) is 54.8 cm³/mol. The first-order chi connectivity index (χ1) is 6.74. The molecule has 1 heterocycles. The smallest absolute Gasteiger partial charge is 0.166 e. The number of hydrogen-bond acceptors (Lipinski definition) is 3. The summed E-state index contributed by atoms with van der Waals surface area (Å²) >= 11 is 0. The molecular weight excluding hydrogens is 178 g/mol. The topological polar surface area (TPSA) is 44.5 Å². The van der Waals surface area contributed by atoms with Crippen LogP contribution >= 0.6 is 0 Å². The van der Waals surface area contributed by atoms with Crippen LogP contribution in [0.5, 0.6) is 11.5 Å². The summed E-state index contributed by atoms with van der Waals surface area (Å²) in [7, 11) is 0. The van der Waals surface area contributed by atoms with Gasteiger partial charge in [0, 0.05) is 5.56 Å². The summed E-state index contributed by atoms with van der Waals surface area (Å²) in [6, 6.07) is 3.96. The van der Waals surface area contributed by atoms with Gasteiger partial charge in [-0.1, -0.05) is 6.07 Å². The highest BCUT2D eigenvalue weighted by molar-refractivity contribution is 5.54. The van der Waals surface area contributed by atoms with E-state index in [0.717, 1.165) is 17.1 Å². The Morgan fingerprint density at radius 3 is 3.07 bits per heavy atom. The Morgan fingerprint density at radius 1 is 1.57 bits per heavy atom. The van der Waals surface area contributed by atoms with Crippen molar-refractivity contribution in [1.29, 1.82) is 0 Å². The average molecular weight is 193 g/mol. The minimum absolute atomic E-state index is 0.00888. The van der Waals surface area contributed by atoms with Crippen LogP contribution < -0.4 is 15.2 Å². The van der Waals surface area contributed by atoms with Crippen molar-refractivity contribution in [1.82, 2.24) is 0 Å². The zero-order valence-corrected chi connectivity index (χ0v) is 8.54. The first-order valence-electron chi connectivity index (χ1n) is 4.88. The Labute approximate surface area is 83.8 Å². The van der Waals surface area contributed by atoms with Crippen molar-refractivity contribution in [2.45, 2.75) is 19.9 Å². The summed E-state index contributed by atoms with van der Waals surface area (Å²) in [5.41, 5.74) is 8.20. The number of rotatable bonds is 2. The molecule has 0 fully saturated rings. The third-order valence-electron chi connectivity index (χ3n) is 2.46. The lowest BCUT2D eigenvalue weighted by Crippen LogP contribution is -2.11. The third kappa shape index (κ3) is 1.34. The fourth-order valence-corrected chi connectivity index (χ4v) is 1.81. The molecule has 0 amide bonds. The molecule has 0 spiro atoms. The van der Waals surface area contributed by atoms with E-state index >= 15 is 0 Å². The van der Waals surface area contributed by atoms with E-state index in [1.54, 1.807) is 0 Å². The average Bonchev–Trinajstić information content (AvgIpc) is 2.54. The molecule has 0 aromatic heterocycles. The molecular formula is C11H15NO2. The number of hydrogen-bond donors (Lipinski definition) is 1. The molecule has 2 N–H and O–H groups in total. The van der Waals surface area contributed by atoms with Crippen molar-refractivity contribution < 1.29 is 9.47 Å². The van der Waals surface area contributed by atoms with Gasteiger partial charge in [0.15, 0.2) is 11.5 Å². The lowest BCUT2D eigenvalue weighted by molar-refractivity contribution is 0.290. The van der Waals surface area contributed by atoms with Crippen molar-refractivity contribution >= 4 is 0 Å². The Bertz CT molecular complexity index is 349. The van der Waals surface area contributed by atoms with Crippen LogP contribution in [0.4, 0.5) is 0 Å². The predicted octanol–water partition coefficient (Wildman–Crippen LogP) is 1.79. The van der Waals surface area contributed by atoms with Crippen molar-refractivity contribution in [3.05, 3.63) is 23.3 Å². The fraction of sp³-hybridized carbons (Fsp3) is 0.455. The molecule has 14 heavy (non-hydrogen) atoms. The highest BCUT2D eigenvalue weighted by Crippen LogP contribution is 2.41. The summed E-state index contributed by atoms with van der Waals surface area (Å²) in [6.07, 6.45) is 0. The van der Waals surface area contributed by atoms with Crippen LogP contribution in [-0.2, 0) is 0 Å². The maximum atomic E-state index is 5.93. The van der Waals surface area contributed by atoms with Crippen molar-refractivity contribution in [3.8, 4) is 11.5 Å². The van der Waals surface area contributed by atoms with Crippen molar-refractivity contribution in [2.75, 3.05) is 13.2 Å². The van der Waals surface area contributed by atoms with Gasteiger partial charge in [-0.3, -0.25) is 0 Å². The number of ether oxygens (including phenoxy) is 2. The second kappa shape index (κ2) is 3.50. The maximum Gasteiger partial charge on any atom is 0.166 e. The molecule has 1 aliphatic heterocycles. The van der Waals surface area contributed by atoms with E-state index in [-0.39, 0.29) is 6.04 Å². The van der Waals surface area contributed by atoms with E-state index < -0.39 is 0 Å². The van der Waals surface area contributed by atoms with Gasteiger partial charge < -0.3 is 15.2 Å². The lowest BCUT2D eigenvalue weighted by Gasteiger charge is -2.10. The Morgan fingerprint density at radius 2 is 2.36 bits per heavy atom. The van der Waals surface area contributed by atoms with E-state index in [1.807, 2.05) is 26.0 Å². The summed E-state index contributed by atoms with van der Waals surface area (Å²) in [5, 5.41) is 0. The van der Waals surface area contributed by atoms with Gasteiger partial charge in [0.1, 0.15) is 6.61 Å². The van der Waals surface area contributed by atoms with Gasteiger partial charge in [-0.05, 0) is 25.5 Å². The Hall–Kier alpha value is -1.22. The Balaban J connectivity index is 2.47. The van der Waals surface area contributed by atoms with E-state index in [0.29, 0.717) is 13.2 Å². The summed E-state index contributed by atoms with van der Waals surface area (Å²) < 4.78 is 11.0. The van der Waals surface area contributed by atoms with Gasteiger partial charge in [-0.15, -0.1) is 0 Å². The monoisotopic (exact) mass is 193 g/mol. The number of aryl methyl sites for hydroxylation is 1. The van der Waals surface area contributed by atoms with Crippen LogP contribution in [0.15, 0.2) is 12.1 Å². The van der Waals surface area contributed by atoms with Crippen LogP contribution in [0.2, 0.25) is 0 Å². The van der Waals surface area contributed by atoms with Gasteiger partial charge in [-0.2, -0.15) is 0 Å². The molecule has 0 bridgehead atoms. The van der Waals surface area contributed by atoms with Gasteiger partial charge in [-0.25, -0.2) is 0 Å². The van der Waals surface area contributed by atoms with E-state index in [1.165, 1.54) is 5.56 Å². The summed E-state index contributed by atoms with van der Waals surface area (Å²) in [6.45, 7) is 5.21. The third-order valence-corrected chi connectivity index (χ3v) is 2.46. The second-order valence-corrected chi connectivity index (χ2v) is 3.47. The number of fused-ring (bicyclic) bond motifs is 1. The standard InChI is InChI=1S/C11H15NO2/c1-3-13-9-5-4-7(2)10-8(12)6-14-11(9)10/h4-5,8H,3,6,12H2,1-2H3. The minimum Gasteiger partial charge on any atom is -0.490 e. The molecule has 1 atom stereocenters. The van der Waals surface area contributed by atoms with E-state index in [2.05, 4.69) is 0 Å². The van der Waals surface area contributed by atoms with E-state index in [9.17, 15) is 0 Å². The first kappa shape index (κ1) is 9.34. The van der Waals surface area contributed by atoms with Crippen LogP contribution in [0.1, 0.15) is 24.1 Å². The van der Waals surface area contributed by atoms with Crippen molar-refractivity contribution in [2.24, 2.45) is 5.73 Å². The molecule has 1 unspecified atom stereocenters. The molecule has 0 saturated heterocycles. The highest BCUT2D eigenvalue weighted by atomic mass is 16.5. The van der Waals surface area contributed by atoms with Gasteiger partial charge >= 0.3 is 0 Å². The van der Waals surface area contributed by atoms with Crippen LogP contribution in [0.3, 0.4) is 0 Å². The largest absolute Gasteiger partial charge is 0.490 e. The van der Waals surface area contributed by atoms with Gasteiger partial charge in [0.2, 0.25) is 0 Å². The van der Waals surface area contributed by atoms with Crippen molar-refractivity contribution in [3.63, 3.8) is 0 Å². The second-order valence-electron chi connectivity index (χ2n) is 3.47. The molecule has 0 saturated carbocycles.